The number of piperidine rings is 1. The normalized spacial score (nSPS) is 20.2. The summed E-state index contributed by atoms with van der Waals surface area (Å²) in [5.74, 6) is 0.759. The topological polar surface area (TPSA) is 124 Å². The van der Waals surface area contributed by atoms with Crippen LogP contribution in [0.5, 0.6) is 0 Å². The summed E-state index contributed by atoms with van der Waals surface area (Å²) in [5.41, 5.74) is -0.239. The molecule has 1 aromatic carbocycles. The van der Waals surface area contributed by atoms with Crippen molar-refractivity contribution in [3.05, 3.63) is 28.3 Å². The minimum absolute atomic E-state index is 0.0434. The predicted octanol–water partition coefficient (Wildman–Crippen LogP) is 2.68. The minimum Gasteiger partial charge on any atom is -0.378 e. The van der Waals surface area contributed by atoms with Crippen LogP contribution in [0, 0.1) is 10.1 Å². The fourth-order valence-corrected chi connectivity index (χ4v) is 6.73. The Morgan fingerprint density at radius 2 is 1.79 bits per heavy atom. The van der Waals surface area contributed by atoms with Gasteiger partial charge in [0.05, 0.1) is 27.9 Å². The molecule has 3 heterocycles. The molecule has 2 aromatic rings. The van der Waals surface area contributed by atoms with E-state index in [2.05, 4.69) is 19.7 Å². The van der Waals surface area contributed by atoms with E-state index < -0.39 is 14.9 Å². The molecule has 0 radical (unpaired) electrons. The molecule has 13 heteroatoms. The van der Waals surface area contributed by atoms with Crippen molar-refractivity contribution < 1.29 is 18.1 Å². The zero-order valence-electron chi connectivity index (χ0n) is 18.1. The molecular weight excluding hydrogens is 468 g/mol. The van der Waals surface area contributed by atoms with Crippen LogP contribution in [-0.2, 0) is 14.8 Å². The van der Waals surface area contributed by atoms with Crippen LogP contribution in [-0.4, -0.2) is 71.8 Å². The van der Waals surface area contributed by atoms with Crippen molar-refractivity contribution in [2.75, 3.05) is 44.3 Å². The van der Waals surface area contributed by atoms with E-state index in [1.807, 2.05) is 0 Å². The molecule has 5 rings (SSSR count). The summed E-state index contributed by atoms with van der Waals surface area (Å²) >= 11 is 1.16. The first-order valence-electron chi connectivity index (χ1n) is 11.2. The Morgan fingerprint density at radius 1 is 1.06 bits per heavy atom. The van der Waals surface area contributed by atoms with E-state index in [9.17, 15) is 18.5 Å². The van der Waals surface area contributed by atoms with Gasteiger partial charge in [0.1, 0.15) is 0 Å². The maximum absolute atomic E-state index is 13.0. The molecule has 3 fully saturated rings. The summed E-state index contributed by atoms with van der Waals surface area (Å²) in [7, 11) is -3.76. The lowest BCUT2D eigenvalue weighted by molar-refractivity contribution is -0.388. The van der Waals surface area contributed by atoms with E-state index in [4.69, 9.17) is 4.74 Å². The highest BCUT2D eigenvalue weighted by molar-refractivity contribution is 7.99. The number of ether oxygens (including phenoxy) is 1. The highest BCUT2D eigenvalue weighted by Gasteiger charge is 2.34. The highest BCUT2D eigenvalue weighted by Crippen LogP contribution is 2.44. The summed E-state index contributed by atoms with van der Waals surface area (Å²) in [6, 6.07) is 4.42. The molecule has 33 heavy (non-hydrogen) atoms. The zero-order chi connectivity index (χ0) is 23.0. The van der Waals surface area contributed by atoms with Gasteiger partial charge in [0, 0.05) is 38.3 Å². The molecule has 0 amide bonds. The van der Waals surface area contributed by atoms with Crippen molar-refractivity contribution in [1.82, 2.24) is 19.1 Å². The smallest absolute Gasteiger partial charge is 0.284 e. The van der Waals surface area contributed by atoms with E-state index in [1.54, 1.807) is 0 Å². The standard InChI is InChI=1S/C20H26N6O5S2/c27-26(28)17-14-16(33(29,30)24-8-2-1-3-9-24)6-7-18(17)32-20-22-21-19(25(20)15-4-5-15)23-10-12-31-13-11-23/h6-7,14-15H,1-5,8-13H2. The van der Waals surface area contributed by atoms with Crippen LogP contribution in [0.4, 0.5) is 11.6 Å². The van der Waals surface area contributed by atoms with Crippen LogP contribution in [0.3, 0.4) is 0 Å². The minimum atomic E-state index is -3.76. The quantitative estimate of drug-likeness (QED) is 0.422. The van der Waals surface area contributed by atoms with E-state index in [-0.39, 0.29) is 16.6 Å². The zero-order valence-corrected chi connectivity index (χ0v) is 19.8. The second-order valence-corrected chi connectivity index (χ2v) is 11.4. The summed E-state index contributed by atoms with van der Waals surface area (Å²) in [5, 5.41) is 21.2. The van der Waals surface area contributed by atoms with Crippen LogP contribution in [0.1, 0.15) is 38.1 Å². The van der Waals surface area contributed by atoms with Crippen molar-refractivity contribution in [2.45, 2.75) is 53.1 Å². The van der Waals surface area contributed by atoms with Gasteiger partial charge in [-0.15, -0.1) is 10.2 Å². The Kier molecular flexibility index (Phi) is 6.29. The van der Waals surface area contributed by atoms with Gasteiger partial charge in [-0.25, -0.2) is 8.42 Å². The molecule has 1 aromatic heterocycles. The average Bonchev–Trinajstić information content (AvgIpc) is 3.59. The first-order chi connectivity index (χ1) is 15.9. The molecule has 0 spiro atoms. The lowest BCUT2D eigenvalue weighted by Gasteiger charge is -2.27. The van der Waals surface area contributed by atoms with Crippen molar-refractivity contribution in [3.63, 3.8) is 0 Å². The number of nitro groups is 1. The molecule has 0 unspecified atom stereocenters. The molecule has 11 nitrogen and oxygen atoms in total. The number of sulfonamides is 1. The molecule has 0 bridgehead atoms. The third-order valence-corrected chi connectivity index (χ3v) is 9.05. The van der Waals surface area contributed by atoms with Gasteiger partial charge < -0.3 is 9.64 Å². The number of hydrogen-bond donors (Lipinski definition) is 0. The van der Waals surface area contributed by atoms with Gasteiger partial charge in [-0.05, 0) is 49.6 Å². The van der Waals surface area contributed by atoms with Gasteiger partial charge in [-0.1, -0.05) is 6.42 Å². The van der Waals surface area contributed by atoms with Gasteiger partial charge in [0.25, 0.3) is 5.69 Å². The fraction of sp³-hybridized carbons (Fsp3) is 0.600. The Hall–Kier alpha value is -2.22. The molecule has 2 aliphatic heterocycles. The predicted molar refractivity (Wildman–Crippen MR) is 121 cm³/mol. The van der Waals surface area contributed by atoms with Gasteiger partial charge in [-0.2, -0.15) is 4.31 Å². The largest absolute Gasteiger partial charge is 0.378 e. The van der Waals surface area contributed by atoms with Crippen molar-refractivity contribution in [2.24, 2.45) is 0 Å². The lowest BCUT2D eigenvalue weighted by Crippen LogP contribution is -2.38. The van der Waals surface area contributed by atoms with Gasteiger partial charge >= 0.3 is 0 Å². The Balaban J connectivity index is 1.45. The number of aromatic nitrogens is 3. The lowest BCUT2D eigenvalue weighted by atomic mass is 10.2. The van der Waals surface area contributed by atoms with Crippen LogP contribution in [0.25, 0.3) is 0 Å². The molecular formula is C20H26N6O5S2. The molecule has 178 valence electrons. The third kappa shape index (κ3) is 4.59. The number of nitro benzene ring substituents is 1. The SMILES string of the molecule is O=[N+]([O-])c1cc(S(=O)(=O)N2CCCCC2)ccc1Sc1nnc(N2CCOCC2)n1C1CC1. The summed E-state index contributed by atoms with van der Waals surface area (Å²) in [6.45, 7) is 3.58. The Labute approximate surface area is 196 Å². The molecule has 1 saturated carbocycles. The van der Waals surface area contributed by atoms with Crippen molar-refractivity contribution >= 4 is 33.4 Å². The number of morpholine rings is 1. The van der Waals surface area contributed by atoms with Crippen LogP contribution < -0.4 is 4.90 Å². The van der Waals surface area contributed by atoms with E-state index >= 15 is 0 Å². The third-order valence-electron chi connectivity index (χ3n) is 6.13. The van der Waals surface area contributed by atoms with Crippen molar-refractivity contribution in [3.8, 4) is 0 Å². The maximum Gasteiger partial charge on any atom is 0.284 e. The summed E-state index contributed by atoms with van der Waals surface area (Å²) in [4.78, 5) is 13.8. The number of rotatable bonds is 7. The number of anilines is 1. The molecule has 0 atom stereocenters. The van der Waals surface area contributed by atoms with Crippen molar-refractivity contribution in [1.29, 1.82) is 0 Å². The highest BCUT2D eigenvalue weighted by atomic mass is 32.2. The second-order valence-electron chi connectivity index (χ2n) is 8.44. The monoisotopic (exact) mass is 494 g/mol. The average molecular weight is 495 g/mol. The maximum atomic E-state index is 13.0. The van der Waals surface area contributed by atoms with Gasteiger partial charge in [0.2, 0.25) is 16.0 Å². The van der Waals surface area contributed by atoms with Crippen LogP contribution >= 0.6 is 11.8 Å². The van der Waals surface area contributed by atoms with Crippen LogP contribution in [0.2, 0.25) is 0 Å². The second kappa shape index (κ2) is 9.20. The first-order valence-corrected chi connectivity index (χ1v) is 13.4. The molecule has 0 N–H and O–H groups in total. The summed E-state index contributed by atoms with van der Waals surface area (Å²) in [6.07, 6.45) is 4.63. The fourth-order valence-electron chi connectivity index (χ4n) is 4.21. The Morgan fingerprint density at radius 3 is 2.45 bits per heavy atom. The van der Waals surface area contributed by atoms with E-state index in [0.717, 1.165) is 62.9 Å². The first kappa shape index (κ1) is 22.6. The number of nitrogens with zero attached hydrogens (tertiary/aromatic N) is 6. The summed E-state index contributed by atoms with van der Waals surface area (Å²) < 4.78 is 34.9. The Bertz CT molecular complexity index is 1140. The number of benzene rings is 1. The molecule has 3 aliphatic rings. The van der Waals surface area contributed by atoms with E-state index in [1.165, 1.54) is 22.5 Å². The van der Waals surface area contributed by atoms with E-state index in [0.29, 0.717) is 36.4 Å². The van der Waals surface area contributed by atoms with Crippen LogP contribution in [0.15, 0.2) is 33.1 Å². The molecule has 2 saturated heterocycles. The number of hydrogen-bond acceptors (Lipinski definition) is 9. The van der Waals surface area contributed by atoms with Gasteiger partial charge in [0.15, 0.2) is 5.16 Å². The molecule has 1 aliphatic carbocycles. The van der Waals surface area contributed by atoms with Gasteiger partial charge in [-0.3, -0.25) is 14.7 Å².